The lowest BCUT2D eigenvalue weighted by Crippen LogP contribution is -2.51. The second kappa shape index (κ2) is 7.08. The van der Waals surface area contributed by atoms with Crippen LogP contribution in [0, 0.1) is 0 Å². The Kier molecular flexibility index (Phi) is 5.72. The number of hydrogen-bond donors (Lipinski definition) is 3. The van der Waals surface area contributed by atoms with E-state index in [2.05, 4.69) is 10.6 Å². The number of carboxylic acids is 1. The Balaban J connectivity index is 2.65. The zero-order valence-electron chi connectivity index (χ0n) is 12.9. The van der Waals surface area contributed by atoms with Gasteiger partial charge in [-0.1, -0.05) is 30.3 Å². The van der Waals surface area contributed by atoms with Crippen LogP contribution in [0.5, 0.6) is 0 Å². The SMILES string of the molecule is CN(C)C(C)(C)CNC(=O)N[C@H](C(=O)O)c1ccccc1. The molecule has 3 N–H and O–H groups in total. The van der Waals surface area contributed by atoms with Crippen molar-refractivity contribution in [2.24, 2.45) is 0 Å². The third-order valence-corrected chi connectivity index (χ3v) is 3.55. The molecule has 0 aliphatic carbocycles. The maximum Gasteiger partial charge on any atom is 0.330 e. The number of carboxylic acid groups (broad SMARTS) is 1. The predicted octanol–water partition coefficient (Wildman–Crippen LogP) is 1.45. The van der Waals surface area contributed by atoms with Crippen LogP contribution in [0.25, 0.3) is 0 Å². The molecule has 0 unspecified atom stereocenters. The first-order valence-corrected chi connectivity index (χ1v) is 6.73. The number of carbonyl (C=O) groups is 2. The second-order valence-corrected chi connectivity index (χ2v) is 5.72. The molecule has 6 heteroatoms. The number of carbonyl (C=O) groups excluding carboxylic acids is 1. The van der Waals surface area contributed by atoms with Crippen LogP contribution in [0.1, 0.15) is 25.5 Å². The summed E-state index contributed by atoms with van der Waals surface area (Å²) in [5.74, 6) is -1.09. The molecule has 0 fully saturated rings. The third-order valence-electron chi connectivity index (χ3n) is 3.55. The first kappa shape index (κ1) is 17.0. The summed E-state index contributed by atoms with van der Waals surface area (Å²) in [5.41, 5.74) is 0.315. The van der Waals surface area contributed by atoms with E-state index in [4.69, 9.17) is 0 Å². The van der Waals surface area contributed by atoms with Crippen molar-refractivity contribution in [3.05, 3.63) is 35.9 Å². The van der Waals surface area contributed by atoms with Gasteiger partial charge >= 0.3 is 12.0 Å². The molecule has 0 bridgehead atoms. The molecule has 6 nitrogen and oxygen atoms in total. The van der Waals surface area contributed by atoms with Gasteiger partial charge in [0.15, 0.2) is 6.04 Å². The quantitative estimate of drug-likeness (QED) is 0.741. The Morgan fingerprint density at radius 3 is 2.29 bits per heavy atom. The average molecular weight is 293 g/mol. The van der Waals surface area contributed by atoms with Gasteiger partial charge in [0.25, 0.3) is 0 Å². The molecule has 0 saturated heterocycles. The molecule has 0 aliphatic rings. The van der Waals surface area contributed by atoms with Crippen LogP contribution in [-0.2, 0) is 4.79 Å². The van der Waals surface area contributed by atoms with Crippen LogP contribution >= 0.6 is 0 Å². The average Bonchev–Trinajstić information content (AvgIpc) is 2.43. The largest absolute Gasteiger partial charge is 0.479 e. The molecule has 1 atom stereocenters. The van der Waals surface area contributed by atoms with Gasteiger partial charge in [-0.2, -0.15) is 0 Å². The summed E-state index contributed by atoms with van der Waals surface area (Å²) in [7, 11) is 3.84. The van der Waals surface area contributed by atoms with Gasteiger partial charge in [-0.05, 0) is 33.5 Å². The van der Waals surface area contributed by atoms with E-state index in [0.717, 1.165) is 0 Å². The summed E-state index contributed by atoms with van der Waals surface area (Å²) >= 11 is 0. The van der Waals surface area contributed by atoms with Crippen LogP contribution in [0.15, 0.2) is 30.3 Å². The van der Waals surface area contributed by atoms with Crippen LogP contribution in [0.2, 0.25) is 0 Å². The number of nitrogens with one attached hydrogen (secondary N) is 2. The molecule has 1 rings (SSSR count). The summed E-state index contributed by atoms with van der Waals surface area (Å²) < 4.78 is 0. The minimum absolute atomic E-state index is 0.219. The summed E-state index contributed by atoms with van der Waals surface area (Å²) in [6.45, 7) is 4.38. The van der Waals surface area contributed by atoms with Crippen molar-refractivity contribution in [2.45, 2.75) is 25.4 Å². The molecule has 116 valence electrons. The first-order valence-electron chi connectivity index (χ1n) is 6.73. The Hall–Kier alpha value is -2.08. The van der Waals surface area contributed by atoms with Gasteiger partial charge in [-0.3, -0.25) is 0 Å². The Morgan fingerprint density at radius 2 is 1.81 bits per heavy atom. The number of likely N-dealkylation sites (N-methyl/N-ethyl adjacent to an activating group) is 1. The minimum atomic E-state index is -1.09. The number of rotatable bonds is 6. The van der Waals surface area contributed by atoms with E-state index in [0.29, 0.717) is 12.1 Å². The molecule has 0 aliphatic heterocycles. The molecule has 1 aromatic rings. The van der Waals surface area contributed by atoms with Crippen LogP contribution in [0.3, 0.4) is 0 Å². The van der Waals surface area contributed by atoms with E-state index in [1.165, 1.54) is 0 Å². The Morgan fingerprint density at radius 1 is 1.24 bits per heavy atom. The van der Waals surface area contributed by atoms with Gasteiger partial charge in [-0.15, -0.1) is 0 Å². The highest BCUT2D eigenvalue weighted by Crippen LogP contribution is 2.13. The highest BCUT2D eigenvalue weighted by Gasteiger charge is 2.24. The fourth-order valence-electron chi connectivity index (χ4n) is 1.57. The minimum Gasteiger partial charge on any atom is -0.479 e. The van der Waals surface area contributed by atoms with Gasteiger partial charge in [0.1, 0.15) is 0 Å². The van der Waals surface area contributed by atoms with Crippen molar-refractivity contribution in [3.63, 3.8) is 0 Å². The van der Waals surface area contributed by atoms with E-state index >= 15 is 0 Å². The van der Waals surface area contributed by atoms with Crippen molar-refractivity contribution < 1.29 is 14.7 Å². The van der Waals surface area contributed by atoms with Crippen molar-refractivity contribution in [1.29, 1.82) is 0 Å². The first-order chi connectivity index (χ1) is 9.74. The standard InChI is InChI=1S/C15H23N3O3/c1-15(2,18(3)4)10-16-14(21)17-12(13(19)20)11-8-6-5-7-9-11/h5-9,12H,10H2,1-4H3,(H,19,20)(H2,16,17,21)/t12-/m0/s1. The van der Waals surface area contributed by atoms with Crippen molar-refractivity contribution in [3.8, 4) is 0 Å². The summed E-state index contributed by atoms with van der Waals surface area (Å²) in [5, 5.41) is 14.4. The number of hydrogen-bond acceptors (Lipinski definition) is 3. The van der Waals surface area contributed by atoms with E-state index in [1.54, 1.807) is 30.3 Å². The Labute approximate surface area is 125 Å². The predicted molar refractivity (Wildman–Crippen MR) is 81.1 cm³/mol. The molecule has 0 heterocycles. The number of nitrogens with zero attached hydrogens (tertiary/aromatic N) is 1. The molecule has 1 aromatic carbocycles. The lowest BCUT2D eigenvalue weighted by Gasteiger charge is -2.32. The highest BCUT2D eigenvalue weighted by molar-refractivity contribution is 5.83. The maximum atomic E-state index is 11.9. The number of amides is 2. The summed E-state index contributed by atoms with van der Waals surface area (Å²) in [4.78, 5) is 25.2. The van der Waals surface area contributed by atoms with Crippen LogP contribution < -0.4 is 10.6 Å². The molecular weight excluding hydrogens is 270 g/mol. The van der Waals surface area contributed by atoms with Gasteiger partial charge in [0, 0.05) is 12.1 Å². The lowest BCUT2D eigenvalue weighted by molar-refractivity contribution is -0.139. The van der Waals surface area contributed by atoms with Crippen LogP contribution in [-0.4, -0.2) is 48.2 Å². The highest BCUT2D eigenvalue weighted by atomic mass is 16.4. The van der Waals surface area contributed by atoms with E-state index in [9.17, 15) is 14.7 Å². The monoisotopic (exact) mass is 293 g/mol. The van der Waals surface area contributed by atoms with Gasteiger partial charge in [0.2, 0.25) is 0 Å². The summed E-state index contributed by atoms with van der Waals surface area (Å²) in [6, 6.07) is 7.04. The smallest absolute Gasteiger partial charge is 0.330 e. The maximum absolute atomic E-state index is 11.9. The van der Waals surface area contributed by atoms with Crippen molar-refractivity contribution in [2.75, 3.05) is 20.6 Å². The van der Waals surface area contributed by atoms with E-state index in [1.807, 2.05) is 32.8 Å². The van der Waals surface area contributed by atoms with E-state index in [-0.39, 0.29) is 5.54 Å². The molecule has 0 spiro atoms. The van der Waals surface area contributed by atoms with Crippen molar-refractivity contribution >= 4 is 12.0 Å². The zero-order chi connectivity index (χ0) is 16.0. The zero-order valence-corrected chi connectivity index (χ0v) is 12.9. The van der Waals surface area contributed by atoms with E-state index < -0.39 is 18.0 Å². The third kappa shape index (κ3) is 5.07. The second-order valence-electron chi connectivity index (χ2n) is 5.72. The molecule has 0 aromatic heterocycles. The molecule has 0 radical (unpaired) electrons. The van der Waals surface area contributed by atoms with Gasteiger partial charge < -0.3 is 20.6 Å². The summed E-state index contributed by atoms with van der Waals surface area (Å²) in [6.07, 6.45) is 0. The molecule has 2 amide bonds. The number of urea groups is 1. The fourth-order valence-corrected chi connectivity index (χ4v) is 1.57. The van der Waals surface area contributed by atoms with Gasteiger partial charge in [-0.25, -0.2) is 9.59 Å². The lowest BCUT2D eigenvalue weighted by atomic mass is 10.0. The van der Waals surface area contributed by atoms with Gasteiger partial charge in [0.05, 0.1) is 0 Å². The molecule has 21 heavy (non-hydrogen) atoms. The molecule has 0 saturated carbocycles. The Bertz CT molecular complexity index is 486. The fraction of sp³-hybridized carbons (Fsp3) is 0.467. The van der Waals surface area contributed by atoms with Crippen LogP contribution in [0.4, 0.5) is 4.79 Å². The molecular formula is C15H23N3O3. The normalized spacial score (nSPS) is 12.8. The topological polar surface area (TPSA) is 81.7 Å². The number of benzene rings is 1. The van der Waals surface area contributed by atoms with Crippen molar-refractivity contribution in [1.82, 2.24) is 15.5 Å². The number of aliphatic carboxylic acids is 1.